The number of nitro benzene ring substituents is 1. The summed E-state index contributed by atoms with van der Waals surface area (Å²) in [6.07, 6.45) is 0.429. The van der Waals surface area contributed by atoms with Crippen molar-refractivity contribution in [1.82, 2.24) is 5.32 Å². The first-order valence-electron chi connectivity index (χ1n) is 9.21. The second kappa shape index (κ2) is 9.05. The summed E-state index contributed by atoms with van der Waals surface area (Å²) in [5, 5.41) is 13.5. The maximum absolute atomic E-state index is 11.9. The van der Waals surface area contributed by atoms with E-state index in [2.05, 4.69) is 5.32 Å². The van der Waals surface area contributed by atoms with E-state index in [0.717, 1.165) is 5.56 Å². The van der Waals surface area contributed by atoms with E-state index in [4.69, 9.17) is 10.5 Å². The van der Waals surface area contributed by atoms with Gasteiger partial charge in [0.1, 0.15) is 11.9 Å². The third-order valence-electron chi connectivity index (χ3n) is 4.63. The van der Waals surface area contributed by atoms with E-state index < -0.39 is 11.0 Å². The summed E-state index contributed by atoms with van der Waals surface area (Å²) >= 11 is 0. The maximum atomic E-state index is 11.9. The topological polar surface area (TPSA) is 128 Å². The molecule has 0 saturated heterocycles. The molecule has 0 bridgehead atoms. The number of benzene rings is 2. The highest BCUT2D eigenvalue weighted by atomic mass is 16.6. The summed E-state index contributed by atoms with van der Waals surface area (Å²) in [4.78, 5) is 35.4. The number of fused-ring (bicyclic) bond motifs is 1. The summed E-state index contributed by atoms with van der Waals surface area (Å²) in [6, 6.07) is 13.5. The van der Waals surface area contributed by atoms with Crippen LogP contribution < -0.4 is 20.7 Å². The first-order chi connectivity index (χ1) is 13.9. The minimum Gasteiger partial charge on any atom is -0.486 e. The number of nitrogens with zero attached hydrogens (tertiary/aromatic N) is 2. The summed E-state index contributed by atoms with van der Waals surface area (Å²) in [7, 11) is 0. The van der Waals surface area contributed by atoms with Crippen LogP contribution in [0.1, 0.15) is 18.4 Å². The zero-order valence-electron chi connectivity index (χ0n) is 15.7. The second-order valence-corrected chi connectivity index (χ2v) is 6.81. The number of nitrogens with one attached hydrogen (secondary N) is 1. The molecular formula is C20H22N4O5. The smallest absolute Gasteiger partial charge is 0.312 e. The molecule has 0 radical (unpaired) electrons. The van der Waals surface area contributed by atoms with Gasteiger partial charge in [0.25, 0.3) is 5.69 Å². The Morgan fingerprint density at radius 3 is 2.69 bits per heavy atom. The van der Waals surface area contributed by atoms with Crippen LogP contribution in [0.4, 0.5) is 16.2 Å². The summed E-state index contributed by atoms with van der Waals surface area (Å²) < 4.78 is 5.98. The molecule has 9 nitrogen and oxygen atoms in total. The zero-order valence-corrected chi connectivity index (χ0v) is 15.7. The number of primary amides is 1. The highest BCUT2D eigenvalue weighted by Crippen LogP contribution is 2.38. The molecule has 1 atom stereocenters. The minimum atomic E-state index is -0.739. The van der Waals surface area contributed by atoms with Gasteiger partial charge in [0.2, 0.25) is 0 Å². The lowest BCUT2D eigenvalue weighted by atomic mass is 10.1. The van der Waals surface area contributed by atoms with E-state index in [1.54, 1.807) is 6.07 Å². The SMILES string of the molecule is NC(=O)NCC(=O)CC[C@H]1CN(Cc2ccccc2)c2cc([N+](=O)[O-])ccc2O1. The number of Topliss-reactive ketones (excluding diaryl/α,β-unsaturated/α-hetero) is 1. The van der Waals surface area contributed by atoms with Gasteiger partial charge in [0.05, 0.1) is 23.7 Å². The van der Waals surface area contributed by atoms with Crippen molar-refractivity contribution in [3.05, 3.63) is 64.2 Å². The fourth-order valence-corrected chi connectivity index (χ4v) is 3.23. The fraction of sp³-hybridized carbons (Fsp3) is 0.300. The number of rotatable bonds is 8. The Hall–Kier alpha value is -3.62. The lowest BCUT2D eigenvalue weighted by Gasteiger charge is -2.36. The standard InChI is InChI=1S/C20H22N4O5/c21-20(26)22-11-16(25)7-8-17-13-23(12-14-4-2-1-3-5-14)18-10-15(24(27)28)6-9-19(18)29-17/h1-6,9-10,17H,7-8,11-13H2,(H3,21,22,26)/t17-/m0/s1. The van der Waals surface area contributed by atoms with Crippen molar-refractivity contribution in [2.24, 2.45) is 5.73 Å². The minimum absolute atomic E-state index is 0.00318. The van der Waals surface area contributed by atoms with Gasteiger partial charge < -0.3 is 20.7 Å². The molecule has 2 amide bonds. The Morgan fingerprint density at radius 1 is 1.24 bits per heavy atom. The van der Waals surface area contributed by atoms with Crippen molar-refractivity contribution < 1.29 is 19.2 Å². The Labute approximate surface area is 167 Å². The molecule has 0 aliphatic carbocycles. The van der Waals surface area contributed by atoms with E-state index in [9.17, 15) is 19.7 Å². The van der Waals surface area contributed by atoms with Crippen LogP contribution in [0.2, 0.25) is 0 Å². The number of carbonyl (C=O) groups excluding carboxylic acids is 2. The van der Waals surface area contributed by atoms with Gasteiger partial charge in [0, 0.05) is 25.1 Å². The van der Waals surface area contributed by atoms with Gasteiger partial charge in [-0.2, -0.15) is 0 Å². The first-order valence-corrected chi connectivity index (χ1v) is 9.21. The maximum Gasteiger partial charge on any atom is 0.312 e. The monoisotopic (exact) mass is 398 g/mol. The van der Waals surface area contributed by atoms with E-state index in [0.29, 0.717) is 30.9 Å². The number of anilines is 1. The predicted octanol–water partition coefficient (Wildman–Crippen LogP) is 2.38. The predicted molar refractivity (Wildman–Crippen MR) is 107 cm³/mol. The summed E-state index contributed by atoms with van der Waals surface area (Å²) in [5.41, 5.74) is 6.69. The number of ether oxygens (including phenoxy) is 1. The van der Waals surface area contributed by atoms with Crippen LogP contribution in [0, 0.1) is 10.1 Å². The largest absolute Gasteiger partial charge is 0.486 e. The molecular weight excluding hydrogens is 376 g/mol. The number of carbonyl (C=O) groups is 2. The van der Waals surface area contributed by atoms with Crippen LogP contribution in [0.5, 0.6) is 5.75 Å². The van der Waals surface area contributed by atoms with E-state index in [1.807, 2.05) is 35.2 Å². The van der Waals surface area contributed by atoms with Gasteiger partial charge in [-0.05, 0) is 18.1 Å². The molecule has 0 aromatic heterocycles. The molecule has 1 heterocycles. The third-order valence-corrected chi connectivity index (χ3v) is 4.63. The van der Waals surface area contributed by atoms with Crippen LogP contribution in [-0.4, -0.2) is 35.9 Å². The lowest BCUT2D eigenvalue weighted by Crippen LogP contribution is -2.40. The van der Waals surface area contributed by atoms with Crippen LogP contribution in [0.25, 0.3) is 0 Å². The Bertz CT molecular complexity index is 903. The Kier molecular flexibility index (Phi) is 6.28. The number of hydrogen-bond acceptors (Lipinski definition) is 6. The molecule has 0 fully saturated rings. The van der Waals surface area contributed by atoms with E-state index in [1.165, 1.54) is 12.1 Å². The fourth-order valence-electron chi connectivity index (χ4n) is 3.23. The van der Waals surface area contributed by atoms with Gasteiger partial charge >= 0.3 is 6.03 Å². The summed E-state index contributed by atoms with van der Waals surface area (Å²) in [6.45, 7) is 0.935. The van der Waals surface area contributed by atoms with Gasteiger partial charge in [-0.3, -0.25) is 14.9 Å². The van der Waals surface area contributed by atoms with Crippen molar-refractivity contribution in [3.63, 3.8) is 0 Å². The van der Waals surface area contributed by atoms with Crippen molar-refractivity contribution in [2.45, 2.75) is 25.5 Å². The van der Waals surface area contributed by atoms with Gasteiger partial charge in [0.15, 0.2) is 5.78 Å². The molecule has 1 aliphatic heterocycles. The number of non-ortho nitro benzene ring substituents is 1. The number of nitrogens with two attached hydrogens (primary N) is 1. The van der Waals surface area contributed by atoms with Crippen molar-refractivity contribution >= 4 is 23.2 Å². The molecule has 0 spiro atoms. The van der Waals surface area contributed by atoms with E-state index in [-0.39, 0.29) is 30.5 Å². The van der Waals surface area contributed by atoms with Gasteiger partial charge in [-0.15, -0.1) is 0 Å². The van der Waals surface area contributed by atoms with Gasteiger partial charge in [-0.25, -0.2) is 4.79 Å². The van der Waals surface area contributed by atoms with E-state index >= 15 is 0 Å². The molecule has 3 rings (SSSR count). The Morgan fingerprint density at radius 2 is 2.00 bits per heavy atom. The number of urea groups is 1. The van der Waals surface area contributed by atoms with Gasteiger partial charge in [-0.1, -0.05) is 30.3 Å². The molecule has 1 aliphatic rings. The third kappa shape index (κ3) is 5.44. The molecule has 152 valence electrons. The first kappa shape index (κ1) is 20.1. The average molecular weight is 398 g/mol. The van der Waals surface area contributed by atoms with Crippen LogP contribution in [0.15, 0.2) is 48.5 Å². The Balaban J connectivity index is 1.75. The molecule has 0 saturated carbocycles. The van der Waals surface area contributed by atoms with Crippen molar-refractivity contribution in [3.8, 4) is 5.75 Å². The lowest BCUT2D eigenvalue weighted by molar-refractivity contribution is -0.384. The molecule has 3 N–H and O–H groups in total. The highest BCUT2D eigenvalue weighted by Gasteiger charge is 2.28. The number of nitro groups is 1. The van der Waals surface area contributed by atoms with Crippen LogP contribution >= 0.6 is 0 Å². The van der Waals surface area contributed by atoms with Crippen LogP contribution in [0.3, 0.4) is 0 Å². The number of amides is 2. The quantitative estimate of drug-likeness (QED) is 0.519. The van der Waals surface area contributed by atoms with Crippen molar-refractivity contribution in [1.29, 1.82) is 0 Å². The highest BCUT2D eigenvalue weighted by molar-refractivity contribution is 5.84. The molecule has 0 unspecified atom stereocenters. The summed E-state index contributed by atoms with van der Waals surface area (Å²) in [5.74, 6) is 0.405. The molecule has 9 heteroatoms. The normalized spacial score (nSPS) is 15.2. The second-order valence-electron chi connectivity index (χ2n) is 6.81. The number of hydrogen-bond donors (Lipinski definition) is 2. The molecule has 2 aromatic carbocycles. The van der Waals surface area contributed by atoms with Crippen LogP contribution in [-0.2, 0) is 11.3 Å². The number of ketones is 1. The average Bonchev–Trinajstić information content (AvgIpc) is 2.71. The molecule has 29 heavy (non-hydrogen) atoms. The zero-order chi connectivity index (χ0) is 20.8. The molecule has 2 aromatic rings. The van der Waals surface area contributed by atoms with Crippen molar-refractivity contribution in [2.75, 3.05) is 18.0 Å².